The first-order valence-corrected chi connectivity index (χ1v) is 8.25. The van der Waals surface area contributed by atoms with Gasteiger partial charge in [-0.25, -0.2) is 13.1 Å². The molecule has 112 valence electrons. The number of rotatable bonds is 4. The van der Waals surface area contributed by atoms with Gasteiger partial charge in [0.05, 0.1) is 11.0 Å². The van der Waals surface area contributed by atoms with Crippen LogP contribution < -0.4 is 10.5 Å². The van der Waals surface area contributed by atoms with Crippen LogP contribution in [0.3, 0.4) is 0 Å². The van der Waals surface area contributed by atoms with E-state index in [-0.39, 0.29) is 17.0 Å². The minimum absolute atomic E-state index is 0.0489. The van der Waals surface area contributed by atoms with Crippen molar-refractivity contribution in [2.24, 2.45) is 0 Å². The van der Waals surface area contributed by atoms with Gasteiger partial charge in [-0.2, -0.15) is 0 Å². The van der Waals surface area contributed by atoms with E-state index in [9.17, 15) is 8.42 Å². The van der Waals surface area contributed by atoms with Gasteiger partial charge in [0.2, 0.25) is 10.0 Å². The molecule has 2 atom stereocenters. The molecule has 1 fully saturated rings. The van der Waals surface area contributed by atoms with Crippen LogP contribution in [-0.4, -0.2) is 27.7 Å². The first-order valence-electron chi connectivity index (χ1n) is 6.77. The van der Waals surface area contributed by atoms with Crippen LogP contribution in [-0.2, 0) is 14.8 Å². The van der Waals surface area contributed by atoms with Crippen LogP contribution in [0.1, 0.15) is 30.4 Å². The lowest BCUT2D eigenvalue weighted by Gasteiger charge is -2.20. The smallest absolute Gasteiger partial charge is 0.241 e. The second-order valence-corrected chi connectivity index (χ2v) is 7.08. The SMILES string of the molecule is COC1CCCC1NS(=O)(=O)c1cc(N)cc(C)c1C. The summed E-state index contributed by atoms with van der Waals surface area (Å²) in [6.07, 6.45) is 2.62. The Bertz CT molecular complexity index is 599. The molecule has 1 aromatic carbocycles. The highest BCUT2D eigenvalue weighted by molar-refractivity contribution is 7.89. The van der Waals surface area contributed by atoms with Crippen molar-refractivity contribution in [3.8, 4) is 0 Å². The quantitative estimate of drug-likeness (QED) is 0.830. The van der Waals surface area contributed by atoms with Gasteiger partial charge in [-0.05, 0) is 56.4 Å². The minimum atomic E-state index is -3.57. The molecule has 1 aromatic rings. The number of benzene rings is 1. The molecule has 1 saturated carbocycles. The van der Waals surface area contributed by atoms with E-state index >= 15 is 0 Å². The molecule has 2 rings (SSSR count). The van der Waals surface area contributed by atoms with E-state index < -0.39 is 10.0 Å². The number of hydrogen-bond acceptors (Lipinski definition) is 4. The summed E-state index contributed by atoms with van der Waals surface area (Å²) in [5.41, 5.74) is 7.84. The third-order valence-electron chi connectivity index (χ3n) is 3.99. The van der Waals surface area contributed by atoms with Crippen molar-refractivity contribution in [2.75, 3.05) is 12.8 Å². The summed E-state index contributed by atoms with van der Waals surface area (Å²) >= 11 is 0. The van der Waals surface area contributed by atoms with E-state index in [0.717, 1.165) is 30.4 Å². The van der Waals surface area contributed by atoms with E-state index in [1.54, 1.807) is 20.1 Å². The van der Waals surface area contributed by atoms with Crippen molar-refractivity contribution >= 4 is 15.7 Å². The molecule has 0 aromatic heterocycles. The molecule has 6 heteroatoms. The molecular weight excluding hydrogens is 276 g/mol. The van der Waals surface area contributed by atoms with Gasteiger partial charge in [-0.3, -0.25) is 0 Å². The van der Waals surface area contributed by atoms with Gasteiger partial charge < -0.3 is 10.5 Å². The maximum atomic E-state index is 12.6. The Labute approximate surface area is 120 Å². The van der Waals surface area contributed by atoms with Crippen LogP contribution in [0.4, 0.5) is 5.69 Å². The van der Waals surface area contributed by atoms with E-state index in [0.29, 0.717) is 5.69 Å². The number of aryl methyl sites for hydroxylation is 1. The Hall–Kier alpha value is -1.11. The lowest BCUT2D eigenvalue weighted by atomic mass is 10.1. The molecule has 0 radical (unpaired) electrons. The third kappa shape index (κ3) is 2.97. The highest BCUT2D eigenvalue weighted by Crippen LogP contribution is 2.26. The molecule has 5 nitrogen and oxygen atoms in total. The fraction of sp³-hybridized carbons (Fsp3) is 0.571. The van der Waals surface area contributed by atoms with Crippen LogP contribution in [0.15, 0.2) is 17.0 Å². The number of ether oxygens (including phenoxy) is 1. The molecule has 0 heterocycles. The Morgan fingerprint density at radius 3 is 2.65 bits per heavy atom. The maximum Gasteiger partial charge on any atom is 0.241 e. The summed E-state index contributed by atoms with van der Waals surface area (Å²) in [5, 5.41) is 0. The van der Waals surface area contributed by atoms with Crippen LogP contribution in [0.5, 0.6) is 0 Å². The molecule has 0 spiro atoms. The first-order chi connectivity index (χ1) is 9.35. The van der Waals surface area contributed by atoms with Gasteiger partial charge in [0, 0.05) is 18.8 Å². The van der Waals surface area contributed by atoms with Crippen molar-refractivity contribution in [1.82, 2.24) is 4.72 Å². The highest BCUT2D eigenvalue weighted by Gasteiger charge is 2.32. The average molecular weight is 298 g/mol. The molecule has 0 amide bonds. The number of nitrogens with two attached hydrogens (primary N) is 1. The Kier molecular flexibility index (Phi) is 4.36. The molecule has 1 aliphatic rings. The predicted octanol–water partition coefficient (Wildman–Crippen LogP) is 1.73. The van der Waals surface area contributed by atoms with Crippen molar-refractivity contribution in [3.05, 3.63) is 23.3 Å². The molecule has 3 N–H and O–H groups in total. The lowest BCUT2D eigenvalue weighted by Crippen LogP contribution is -2.40. The normalized spacial score (nSPS) is 23.1. The van der Waals surface area contributed by atoms with E-state index in [1.807, 2.05) is 6.92 Å². The fourth-order valence-electron chi connectivity index (χ4n) is 2.74. The summed E-state index contributed by atoms with van der Waals surface area (Å²) < 4.78 is 33.2. The monoisotopic (exact) mass is 298 g/mol. The maximum absolute atomic E-state index is 12.6. The highest BCUT2D eigenvalue weighted by atomic mass is 32.2. The third-order valence-corrected chi connectivity index (χ3v) is 5.61. The summed E-state index contributed by atoms with van der Waals surface area (Å²) in [5.74, 6) is 0. The van der Waals surface area contributed by atoms with Crippen LogP contribution in [0.25, 0.3) is 0 Å². The predicted molar refractivity (Wildman–Crippen MR) is 79.1 cm³/mol. The largest absolute Gasteiger partial charge is 0.399 e. The van der Waals surface area contributed by atoms with Gasteiger partial charge >= 0.3 is 0 Å². The summed E-state index contributed by atoms with van der Waals surface area (Å²) in [7, 11) is -1.95. The van der Waals surface area contributed by atoms with Crippen LogP contribution in [0.2, 0.25) is 0 Å². The minimum Gasteiger partial charge on any atom is -0.399 e. The molecule has 0 aliphatic heterocycles. The molecule has 0 bridgehead atoms. The summed E-state index contributed by atoms with van der Waals surface area (Å²) in [6.45, 7) is 3.66. The Balaban J connectivity index is 2.31. The zero-order valence-corrected chi connectivity index (χ0v) is 13.0. The fourth-order valence-corrected chi connectivity index (χ4v) is 4.39. The Morgan fingerprint density at radius 1 is 1.30 bits per heavy atom. The Morgan fingerprint density at radius 2 is 2.00 bits per heavy atom. The van der Waals surface area contributed by atoms with Crippen molar-refractivity contribution in [1.29, 1.82) is 0 Å². The molecule has 2 unspecified atom stereocenters. The molecular formula is C14H22N2O3S. The summed E-state index contributed by atoms with van der Waals surface area (Å²) in [6, 6.07) is 3.13. The second-order valence-electron chi connectivity index (χ2n) is 5.39. The van der Waals surface area contributed by atoms with E-state index in [4.69, 9.17) is 10.5 Å². The second kappa shape index (κ2) is 5.71. The number of nitrogen functional groups attached to an aromatic ring is 1. The molecule has 0 saturated heterocycles. The van der Waals surface area contributed by atoms with Crippen LogP contribution >= 0.6 is 0 Å². The van der Waals surface area contributed by atoms with Gasteiger partial charge in [0.25, 0.3) is 0 Å². The van der Waals surface area contributed by atoms with Gasteiger partial charge in [-0.1, -0.05) is 0 Å². The standard InChI is InChI=1S/C14H22N2O3S/c1-9-7-11(15)8-14(10(9)2)20(17,18)16-12-5-4-6-13(12)19-3/h7-8,12-13,16H,4-6,15H2,1-3H3. The summed E-state index contributed by atoms with van der Waals surface area (Å²) in [4.78, 5) is 0.261. The average Bonchev–Trinajstić information content (AvgIpc) is 2.80. The first kappa shape index (κ1) is 15.3. The number of hydrogen-bond donors (Lipinski definition) is 2. The number of methoxy groups -OCH3 is 1. The van der Waals surface area contributed by atoms with Crippen molar-refractivity contribution < 1.29 is 13.2 Å². The molecule has 1 aliphatic carbocycles. The zero-order chi connectivity index (χ0) is 14.9. The van der Waals surface area contributed by atoms with Crippen molar-refractivity contribution in [2.45, 2.75) is 50.2 Å². The van der Waals surface area contributed by atoms with Gasteiger partial charge in [0.15, 0.2) is 0 Å². The zero-order valence-electron chi connectivity index (χ0n) is 12.1. The number of nitrogens with one attached hydrogen (secondary N) is 1. The van der Waals surface area contributed by atoms with Crippen LogP contribution in [0, 0.1) is 13.8 Å². The topological polar surface area (TPSA) is 81.4 Å². The van der Waals surface area contributed by atoms with Gasteiger partial charge in [0.1, 0.15) is 0 Å². The lowest BCUT2D eigenvalue weighted by molar-refractivity contribution is 0.0916. The number of sulfonamides is 1. The van der Waals surface area contributed by atoms with E-state index in [1.165, 1.54) is 6.07 Å². The molecule has 20 heavy (non-hydrogen) atoms. The van der Waals surface area contributed by atoms with E-state index in [2.05, 4.69) is 4.72 Å². The number of anilines is 1. The van der Waals surface area contributed by atoms with Crippen molar-refractivity contribution in [3.63, 3.8) is 0 Å². The van der Waals surface area contributed by atoms with Gasteiger partial charge in [-0.15, -0.1) is 0 Å².